The molecule has 4 rings (SSSR count). The monoisotopic (exact) mass is 390 g/mol. The number of aromatic nitrogens is 2. The minimum atomic E-state index is -2.91. The Balaban J connectivity index is 1.57. The number of nitrogens with one attached hydrogen (secondary N) is 2. The maximum atomic E-state index is 14.3. The molecule has 27 heavy (non-hydrogen) atoms. The number of amides is 1. The van der Waals surface area contributed by atoms with Crippen LogP contribution in [0.15, 0.2) is 42.0 Å². The van der Waals surface area contributed by atoms with Crippen LogP contribution in [0.3, 0.4) is 0 Å². The number of halogens is 2. The smallest absolute Gasteiger partial charge is 0.269 e. The molecule has 0 aliphatic heterocycles. The van der Waals surface area contributed by atoms with E-state index in [1.807, 2.05) is 34.2 Å². The van der Waals surface area contributed by atoms with E-state index in [1.54, 1.807) is 19.3 Å². The van der Waals surface area contributed by atoms with E-state index in [-0.39, 0.29) is 6.42 Å². The van der Waals surface area contributed by atoms with Gasteiger partial charge in [-0.1, -0.05) is 6.07 Å². The average molecular weight is 390 g/mol. The maximum Gasteiger partial charge on any atom is 0.269 e. The van der Waals surface area contributed by atoms with Gasteiger partial charge in [0, 0.05) is 29.6 Å². The number of imidazole rings is 1. The first kappa shape index (κ1) is 18.1. The molecule has 1 aliphatic rings. The number of thiophene rings is 1. The molecule has 5 nitrogen and oxygen atoms in total. The topological polar surface area (TPSA) is 58.4 Å². The van der Waals surface area contributed by atoms with Crippen LogP contribution in [0.2, 0.25) is 0 Å². The van der Waals surface area contributed by atoms with Crippen LogP contribution in [-0.4, -0.2) is 40.3 Å². The van der Waals surface area contributed by atoms with Gasteiger partial charge in [-0.2, -0.15) is 0 Å². The molecule has 0 aromatic carbocycles. The highest BCUT2D eigenvalue weighted by Gasteiger charge is 2.47. The van der Waals surface area contributed by atoms with Gasteiger partial charge in [-0.25, -0.2) is 13.8 Å². The third kappa shape index (κ3) is 3.35. The van der Waals surface area contributed by atoms with Crippen molar-refractivity contribution in [1.29, 1.82) is 0 Å². The van der Waals surface area contributed by atoms with E-state index >= 15 is 0 Å². The van der Waals surface area contributed by atoms with E-state index in [0.717, 1.165) is 16.9 Å². The molecule has 1 aliphatic carbocycles. The van der Waals surface area contributed by atoms with Gasteiger partial charge < -0.3 is 10.6 Å². The molecular formula is C19H20F2N4OS. The van der Waals surface area contributed by atoms with Crippen molar-refractivity contribution in [3.8, 4) is 11.3 Å². The van der Waals surface area contributed by atoms with Crippen LogP contribution in [0, 0.1) is 0 Å². The fourth-order valence-corrected chi connectivity index (χ4v) is 4.44. The number of alkyl halides is 2. The first-order valence-corrected chi connectivity index (χ1v) is 9.74. The summed E-state index contributed by atoms with van der Waals surface area (Å²) in [5.74, 6) is -3.38. The number of rotatable bonds is 4. The van der Waals surface area contributed by atoms with Crippen molar-refractivity contribution < 1.29 is 13.6 Å². The van der Waals surface area contributed by atoms with Gasteiger partial charge >= 0.3 is 0 Å². The number of hydrogen-bond donors (Lipinski definition) is 2. The van der Waals surface area contributed by atoms with Gasteiger partial charge in [0.15, 0.2) is 0 Å². The van der Waals surface area contributed by atoms with Crippen LogP contribution >= 0.6 is 11.3 Å². The Morgan fingerprint density at radius 3 is 3.07 bits per heavy atom. The number of nitrogens with zero attached hydrogens (tertiary/aromatic N) is 2. The first-order valence-electron chi connectivity index (χ1n) is 8.86. The molecule has 0 bridgehead atoms. The lowest BCUT2D eigenvalue weighted by Crippen LogP contribution is -2.60. The summed E-state index contributed by atoms with van der Waals surface area (Å²) < 4.78 is 30.6. The van der Waals surface area contributed by atoms with Gasteiger partial charge in [-0.3, -0.25) is 9.20 Å². The summed E-state index contributed by atoms with van der Waals surface area (Å²) in [6.07, 6.45) is 4.51. The third-order valence-corrected chi connectivity index (χ3v) is 6.00. The maximum absolute atomic E-state index is 14.3. The van der Waals surface area contributed by atoms with Gasteiger partial charge in [-0.05, 0) is 38.1 Å². The van der Waals surface area contributed by atoms with Gasteiger partial charge in [-0.15, -0.1) is 11.3 Å². The van der Waals surface area contributed by atoms with Crippen LogP contribution in [0.1, 0.15) is 28.9 Å². The molecule has 3 aromatic rings. The van der Waals surface area contributed by atoms with Crippen molar-refractivity contribution in [3.05, 3.63) is 46.9 Å². The van der Waals surface area contributed by atoms with Crippen LogP contribution in [-0.2, 0) is 0 Å². The molecule has 142 valence electrons. The molecule has 0 saturated heterocycles. The first-order chi connectivity index (χ1) is 13.0. The fraction of sp³-hybridized carbons (Fsp3) is 0.368. The molecule has 2 atom stereocenters. The zero-order valence-electron chi connectivity index (χ0n) is 14.8. The Hall–Kier alpha value is -2.32. The SMILES string of the molecule is CN[C@H]1CCCC(F)(F)C1NC(=O)c1cc(-c2cnc3ccccn23)cs1. The highest BCUT2D eigenvalue weighted by molar-refractivity contribution is 7.12. The normalized spacial score (nSPS) is 22.0. The Labute approximate surface area is 159 Å². The molecule has 0 spiro atoms. The summed E-state index contributed by atoms with van der Waals surface area (Å²) in [7, 11) is 1.65. The summed E-state index contributed by atoms with van der Waals surface area (Å²) in [4.78, 5) is 17.4. The van der Waals surface area contributed by atoms with E-state index in [1.165, 1.54) is 11.3 Å². The summed E-state index contributed by atoms with van der Waals surface area (Å²) in [5, 5.41) is 7.32. The molecule has 8 heteroatoms. The van der Waals surface area contributed by atoms with Gasteiger partial charge in [0.2, 0.25) is 0 Å². The number of pyridine rings is 1. The largest absolute Gasteiger partial charge is 0.341 e. The molecule has 1 amide bonds. The lowest BCUT2D eigenvalue weighted by atomic mass is 9.87. The van der Waals surface area contributed by atoms with Crippen molar-refractivity contribution in [2.75, 3.05) is 7.05 Å². The summed E-state index contributed by atoms with van der Waals surface area (Å²) in [6.45, 7) is 0. The predicted molar refractivity (Wildman–Crippen MR) is 101 cm³/mol. The molecule has 1 saturated carbocycles. The highest BCUT2D eigenvalue weighted by Crippen LogP contribution is 2.34. The molecule has 0 radical (unpaired) electrons. The Morgan fingerprint density at radius 2 is 2.26 bits per heavy atom. The Bertz CT molecular complexity index is 967. The van der Waals surface area contributed by atoms with Gasteiger partial charge in [0.05, 0.1) is 16.8 Å². The third-order valence-electron chi connectivity index (χ3n) is 5.08. The predicted octanol–water partition coefficient (Wildman–Crippen LogP) is 3.57. The molecule has 3 heterocycles. The van der Waals surface area contributed by atoms with Crippen LogP contribution in [0.5, 0.6) is 0 Å². The van der Waals surface area contributed by atoms with E-state index < -0.39 is 23.9 Å². The lowest BCUT2D eigenvalue weighted by molar-refractivity contribution is -0.0712. The molecule has 2 N–H and O–H groups in total. The van der Waals surface area contributed by atoms with Crippen LogP contribution in [0.4, 0.5) is 8.78 Å². The van der Waals surface area contributed by atoms with E-state index in [4.69, 9.17) is 0 Å². The number of carbonyl (C=O) groups is 1. The van der Waals surface area contributed by atoms with Crippen molar-refractivity contribution in [1.82, 2.24) is 20.0 Å². The van der Waals surface area contributed by atoms with E-state index in [2.05, 4.69) is 15.6 Å². The number of hydrogen-bond acceptors (Lipinski definition) is 4. The van der Waals surface area contributed by atoms with Crippen molar-refractivity contribution in [2.45, 2.75) is 37.3 Å². The van der Waals surface area contributed by atoms with E-state index in [0.29, 0.717) is 17.7 Å². The molecule has 1 fully saturated rings. The minimum Gasteiger partial charge on any atom is -0.341 e. The van der Waals surface area contributed by atoms with Crippen molar-refractivity contribution >= 4 is 22.9 Å². The van der Waals surface area contributed by atoms with Crippen LogP contribution < -0.4 is 10.6 Å². The second kappa shape index (κ2) is 7.01. The Kier molecular flexibility index (Phi) is 4.69. The molecular weight excluding hydrogens is 370 g/mol. The van der Waals surface area contributed by atoms with Crippen LogP contribution in [0.25, 0.3) is 16.9 Å². The van der Waals surface area contributed by atoms with E-state index in [9.17, 15) is 13.6 Å². The summed E-state index contributed by atoms with van der Waals surface area (Å²) in [5.41, 5.74) is 2.50. The quantitative estimate of drug-likeness (QED) is 0.716. The van der Waals surface area contributed by atoms with Crippen molar-refractivity contribution in [3.63, 3.8) is 0 Å². The molecule has 3 aromatic heterocycles. The zero-order valence-corrected chi connectivity index (χ0v) is 15.6. The van der Waals surface area contributed by atoms with Gasteiger partial charge in [0.1, 0.15) is 11.7 Å². The van der Waals surface area contributed by atoms with Gasteiger partial charge in [0.25, 0.3) is 11.8 Å². The van der Waals surface area contributed by atoms with Crippen molar-refractivity contribution in [2.24, 2.45) is 0 Å². The summed E-state index contributed by atoms with van der Waals surface area (Å²) >= 11 is 1.24. The second-order valence-electron chi connectivity index (χ2n) is 6.77. The zero-order chi connectivity index (χ0) is 19.0. The fourth-order valence-electron chi connectivity index (χ4n) is 3.64. The minimum absolute atomic E-state index is 0.201. The highest BCUT2D eigenvalue weighted by atomic mass is 32.1. The average Bonchev–Trinajstić information content (AvgIpc) is 3.29. The second-order valence-corrected chi connectivity index (χ2v) is 7.68. The standard InChI is InChI=1S/C19H20F2N4OS/c1-22-13-5-4-7-19(20,21)17(13)24-18(26)15-9-12(11-27-15)14-10-23-16-6-2-3-8-25(14)16/h2-3,6,8-11,13,17,22H,4-5,7H2,1H3,(H,24,26)/t13-,17?/m0/s1. The lowest BCUT2D eigenvalue weighted by Gasteiger charge is -2.38. The Morgan fingerprint density at radius 1 is 1.41 bits per heavy atom. The molecule has 1 unspecified atom stereocenters. The number of carbonyl (C=O) groups excluding carboxylic acids is 1. The number of likely N-dealkylation sites (N-methyl/N-ethyl adjacent to an activating group) is 1. The number of fused-ring (bicyclic) bond motifs is 1. The summed E-state index contributed by atoms with van der Waals surface area (Å²) in [6, 6.07) is 5.79.